The zero-order valence-electron chi connectivity index (χ0n) is 11.7. The highest BCUT2D eigenvalue weighted by Gasteiger charge is 2.25. The van der Waals surface area contributed by atoms with Crippen LogP contribution in [0.3, 0.4) is 0 Å². The van der Waals surface area contributed by atoms with Crippen LogP contribution in [0.4, 0.5) is 5.00 Å². The Hall–Kier alpha value is -1.46. The first-order valence-electron chi connectivity index (χ1n) is 7.19. The summed E-state index contributed by atoms with van der Waals surface area (Å²) in [5, 5.41) is 8.72. The summed E-state index contributed by atoms with van der Waals surface area (Å²) in [4.78, 5) is 2.48. The minimum atomic E-state index is 0.658. The molecule has 1 aliphatic rings. The van der Waals surface area contributed by atoms with Crippen LogP contribution in [0.15, 0.2) is 30.3 Å². The molecule has 1 aliphatic heterocycles. The van der Waals surface area contributed by atoms with Crippen molar-refractivity contribution in [3.63, 3.8) is 0 Å². The number of anilines is 1. The molecular formula is C15H20N4S. The van der Waals surface area contributed by atoms with Gasteiger partial charge in [0, 0.05) is 31.2 Å². The summed E-state index contributed by atoms with van der Waals surface area (Å²) >= 11 is 1.46. The van der Waals surface area contributed by atoms with E-state index in [0.717, 1.165) is 36.9 Å². The van der Waals surface area contributed by atoms with Crippen LogP contribution in [-0.4, -0.2) is 34.1 Å². The summed E-state index contributed by atoms with van der Waals surface area (Å²) in [5.41, 5.74) is 2.55. The van der Waals surface area contributed by atoms with Gasteiger partial charge >= 0.3 is 0 Å². The SMILES string of the molecule is CCNc1snnc1CN1CCC(c2ccccc2)C1. The van der Waals surface area contributed by atoms with Crippen LogP contribution in [0.2, 0.25) is 0 Å². The maximum absolute atomic E-state index is 4.26. The van der Waals surface area contributed by atoms with Gasteiger partial charge < -0.3 is 5.32 Å². The van der Waals surface area contributed by atoms with E-state index in [-0.39, 0.29) is 0 Å². The normalized spacial score (nSPS) is 19.4. The molecule has 2 heterocycles. The van der Waals surface area contributed by atoms with E-state index in [1.807, 2.05) is 0 Å². The minimum Gasteiger partial charge on any atom is -0.374 e. The molecule has 1 fully saturated rings. The van der Waals surface area contributed by atoms with Gasteiger partial charge in [0.05, 0.1) is 0 Å². The quantitative estimate of drug-likeness (QED) is 0.918. The molecule has 1 aromatic heterocycles. The molecule has 1 unspecified atom stereocenters. The van der Waals surface area contributed by atoms with E-state index in [9.17, 15) is 0 Å². The number of nitrogens with one attached hydrogen (secondary N) is 1. The Morgan fingerprint density at radius 2 is 2.20 bits per heavy atom. The molecule has 0 saturated carbocycles. The van der Waals surface area contributed by atoms with Gasteiger partial charge in [0.15, 0.2) is 0 Å². The average molecular weight is 288 g/mol. The predicted octanol–water partition coefficient (Wildman–Crippen LogP) is 2.96. The third-order valence-corrected chi connectivity index (χ3v) is 4.54. The second-order valence-electron chi connectivity index (χ2n) is 5.21. The van der Waals surface area contributed by atoms with E-state index >= 15 is 0 Å². The van der Waals surface area contributed by atoms with Crippen LogP contribution in [0.25, 0.3) is 0 Å². The third-order valence-electron chi connectivity index (χ3n) is 3.81. The van der Waals surface area contributed by atoms with Crippen LogP contribution in [-0.2, 0) is 6.54 Å². The van der Waals surface area contributed by atoms with Gasteiger partial charge in [-0.05, 0) is 31.4 Å². The Labute approximate surface area is 124 Å². The molecule has 1 atom stereocenters. The fraction of sp³-hybridized carbons (Fsp3) is 0.467. The van der Waals surface area contributed by atoms with Gasteiger partial charge in [-0.25, -0.2) is 0 Å². The Kier molecular flexibility index (Phi) is 4.28. The molecule has 4 nitrogen and oxygen atoms in total. The standard InChI is InChI=1S/C15H20N4S/c1-2-16-15-14(17-18-20-15)11-19-9-8-13(10-19)12-6-4-3-5-7-12/h3-7,13,16H,2,8-11H2,1H3. The summed E-state index contributed by atoms with van der Waals surface area (Å²) in [6.45, 7) is 6.19. The third kappa shape index (κ3) is 2.99. The minimum absolute atomic E-state index is 0.658. The van der Waals surface area contributed by atoms with Crippen molar-refractivity contribution in [2.24, 2.45) is 0 Å². The van der Waals surface area contributed by atoms with E-state index in [0.29, 0.717) is 5.92 Å². The Bertz CT molecular complexity index is 540. The lowest BCUT2D eigenvalue weighted by molar-refractivity contribution is 0.323. The molecule has 1 saturated heterocycles. The van der Waals surface area contributed by atoms with Crippen molar-refractivity contribution >= 4 is 16.5 Å². The van der Waals surface area contributed by atoms with E-state index < -0.39 is 0 Å². The molecule has 0 aliphatic carbocycles. The number of aromatic nitrogens is 2. The monoisotopic (exact) mass is 288 g/mol. The van der Waals surface area contributed by atoms with E-state index in [1.54, 1.807) is 0 Å². The lowest BCUT2D eigenvalue weighted by Crippen LogP contribution is -2.20. The topological polar surface area (TPSA) is 41.1 Å². The fourth-order valence-electron chi connectivity index (χ4n) is 2.79. The Morgan fingerprint density at radius 3 is 3.00 bits per heavy atom. The van der Waals surface area contributed by atoms with Gasteiger partial charge in [-0.1, -0.05) is 34.8 Å². The number of hydrogen-bond donors (Lipinski definition) is 1. The summed E-state index contributed by atoms with van der Waals surface area (Å²) in [6, 6.07) is 10.8. The van der Waals surface area contributed by atoms with Gasteiger partial charge in [0.2, 0.25) is 0 Å². The smallest absolute Gasteiger partial charge is 0.134 e. The van der Waals surface area contributed by atoms with Gasteiger partial charge in [0.1, 0.15) is 10.7 Å². The zero-order valence-corrected chi connectivity index (χ0v) is 12.6. The molecule has 0 spiro atoms. The molecule has 0 amide bonds. The van der Waals surface area contributed by atoms with E-state index in [1.165, 1.54) is 23.5 Å². The molecule has 0 bridgehead atoms. The van der Waals surface area contributed by atoms with Crippen LogP contribution in [0.1, 0.15) is 30.5 Å². The first-order valence-corrected chi connectivity index (χ1v) is 7.96. The van der Waals surface area contributed by atoms with Gasteiger partial charge in [-0.15, -0.1) is 5.10 Å². The van der Waals surface area contributed by atoms with E-state index in [2.05, 4.69) is 57.1 Å². The van der Waals surface area contributed by atoms with Crippen molar-refractivity contribution in [3.8, 4) is 0 Å². The predicted molar refractivity (Wildman–Crippen MR) is 83.1 cm³/mol. The van der Waals surface area contributed by atoms with Crippen LogP contribution in [0, 0.1) is 0 Å². The highest BCUT2D eigenvalue weighted by molar-refractivity contribution is 7.10. The summed E-state index contributed by atoms with van der Waals surface area (Å²) < 4.78 is 4.06. The number of hydrogen-bond acceptors (Lipinski definition) is 5. The second kappa shape index (κ2) is 6.33. The molecular weight excluding hydrogens is 268 g/mol. The lowest BCUT2D eigenvalue weighted by atomic mass is 9.99. The summed E-state index contributed by atoms with van der Waals surface area (Å²) in [5.74, 6) is 0.658. The largest absolute Gasteiger partial charge is 0.374 e. The second-order valence-corrected chi connectivity index (χ2v) is 5.96. The van der Waals surface area contributed by atoms with Crippen molar-refractivity contribution in [1.29, 1.82) is 0 Å². The molecule has 1 aromatic carbocycles. The molecule has 20 heavy (non-hydrogen) atoms. The highest BCUT2D eigenvalue weighted by Crippen LogP contribution is 2.29. The Morgan fingerprint density at radius 1 is 1.35 bits per heavy atom. The number of likely N-dealkylation sites (tertiary alicyclic amines) is 1. The average Bonchev–Trinajstić information content (AvgIpc) is 3.11. The maximum Gasteiger partial charge on any atom is 0.134 e. The van der Waals surface area contributed by atoms with Crippen LogP contribution in [0.5, 0.6) is 0 Å². The highest BCUT2D eigenvalue weighted by atomic mass is 32.1. The first kappa shape index (κ1) is 13.5. The van der Waals surface area contributed by atoms with E-state index in [4.69, 9.17) is 0 Å². The zero-order chi connectivity index (χ0) is 13.8. The summed E-state index contributed by atoms with van der Waals surface area (Å²) in [7, 11) is 0. The van der Waals surface area contributed by atoms with Crippen molar-refractivity contribution in [2.45, 2.75) is 25.8 Å². The maximum atomic E-state index is 4.26. The molecule has 0 radical (unpaired) electrons. The van der Waals surface area contributed by atoms with Crippen molar-refractivity contribution in [3.05, 3.63) is 41.6 Å². The molecule has 106 valence electrons. The first-order chi connectivity index (χ1) is 9.86. The fourth-order valence-corrected chi connectivity index (χ4v) is 3.43. The molecule has 5 heteroatoms. The number of benzene rings is 1. The molecule has 3 rings (SSSR count). The van der Waals surface area contributed by atoms with Gasteiger partial charge in [0.25, 0.3) is 0 Å². The van der Waals surface area contributed by atoms with Crippen LogP contribution < -0.4 is 5.32 Å². The van der Waals surface area contributed by atoms with Gasteiger partial charge in [-0.3, -0.25) is 4.90 Å². The van der Waals surface area contributed by atoms with Crippen molar-refractivity contribution in [1.82, 2.24) is 14.5 Å². The summed E-state index contributed by atoms with van der Waals surface area (Å²) in [6.07, 6.45) is 1.23. The number of nitrogens with zero attached hydrogens (tertiary/aromatic N) is 3. The van der Waals surface area contributed by atoms with Crippen molar-refractivity contribution in [2.75, 3.05) is 25.0 Å². The Balaban J connectivity index is 1.62. The molecule has 2 aromatic rings. The lowest BCUT2D eigenvalue weighted by Gasteiger charge is -2.15. The molecule has 1 N–H and O–H groups in total. The van der Waals surface area contributed by atoms with Crippen molar-refractivity contribution < 1.29 is 0 Å². The van der Waals surface area contributed by atoms with Gasteiger partial charge in [-0.2, -0.15) is 0 Å². The van der Waals surface area contributed by atoms with Crippen LogP contribution >= 0.6 is 11.5 Å². The number of rotatable bonds is 5.